The van der Waals surface area contributed by atoms with Gasteiger partial charge in [0.05, 0.1) is 0 Å². The number of piperazine rings is 1. The fourth-order valence-electron chi connectivity index (χ4n) is 2.85. The van der Waals surface area contributed by atoms with Gasteiger partial charge in [0.25, 0.3) is 0 Å². The summed E-state index contributed by atoms with van der Waals surface area (Å²) < 4.78 is 0. The Morgan fingerprint density at radius 1 is 1.15 bits per heavy atom. The quantitative estimate of drug-likeness (QED) is 0.607. The zero-order chi connectivity index (χ0) is 9.47. The molecule has 0 aromatic carbocycles. The van der Waals surface area contributed by atoms with Gasteiger partial charge in [0.15, 0.2) is 0 Å². The fraction of sp³-hybridized carbons (Fsp3) is 1.00. The largest absolute Gasteiger partial charge is 0.298 e. The molecule has 0 unspecified atom stereocenters. The Morgan fingerprint density at radius 2 is 1.92 bits per heavy atom. The molecule has 2 heteroatoms. The zero-order valence-corrected chi connectivity index (χ0v) is 9.21. The zero-order valence-electron chi connectivity index (χ0n) is 9.21. The minimum atomic E-state index is 0.502. The summed E-state index contributed by atoms with van der Waals surface area (Å²) in [7, 11) is 0. The minimum Gasteiger partial charge on any atom is -0.298 e. The average molecular weight is 182 g/mol. The Morgan fingerprint density at radius 3 is 2.62 bits per heavy atom. The Labute approximate surface area is 81.9 Å². The van der Waals surface area contributed by atoms with E-state index in [1.165, 1.54) is 39.0 Å². The molecule has 2 rings (SSSR count). The number of nitrogens with zero attached hydrogens (tertiary/aromatic N) is 2. The van der Waals surface area contributed by atoms with Crippen LogP contribution in [0, 0.1) is 0 Å². The summed E-state index contributed by atoms with van der Waals surface area (Å²) in [6.07, 6.45) is 2.80. The third-order valence-electron chi connectivity index (χ3n) is 3.84. The van der Waals surface area contributed by atoms with E-state index in [1.54, 1.807) is 0 Å². The monoisotopic (exact) mass is 182 g/mol. The van der Waals surface area contributed by atoms with Crippen molar-refractivity contribution >= 4 is 0 Å². The van der Waals surface area contributed by atoms with Crippen LogP contribution < -0.4 is 0 Å². The van der Waals surface area contributed by atoms with Gasteiger partial charge in [-0.15, -0.1) is 0 Å². The van der Waals surface area contributed by atoms with Gasteiger partial charge in [-0.05, 0) is 40.2 Å². The predicted octanol–water partition coefficient (Wildman–Crippen LogP) is 1.56. The van der Waals surface area contributed by atoms with Crippen LogP contribution in [0.2, 0.25) is 0 Å². The lowest BCUT2D eigenvalue weighted by molar-refractivity contribution is 0.0244. The highest BCUT2D eigenvalue weighted by molar-refractivity contribution is 4.98. The first kappa shape index (κ1) is 9.47. The van der Waals surface area contributed by atoms with Crippen LogP contribution in [0.4, 0.5) is 0 Å². The van der Waals surface area contributed by atoms with Crippen molar-refractivity contribution in [1.29, 1.82) is 0 Å². The highest BCUT2D eigenvalue weighted by Gasteiger charge is 2.41. The van der Waals surface area contributed by atoms with Gasteiger partial charge in [-0.1, -0.05) is 0 Å². The molecular weight excluding hydrogens is 160 g/mol. The Kier molecular flexibility index (Phi) is 2.37. The van der Waals surface area contributed by atoms with Crippen molar-refractivity contribution in [2.24, 2.45) is 0 Å². The first-order valence-electron chi connectivity index (χ1n) is 5.61. The molecule has 13 heavy (non-hydrogen) atoms. The standard InChI is InChI=1S/C11H22N2/c1-10(2)12-7-8-13-6-4-5-11(13,3)9-12/h10H,4-9H2,1-3H3/t11-/m0/s1. The number of rotatable bonds is 1. The Hall–Kier alpha value is -0.0800. The smallest absolute Gasteiger partial charge is 0.0309 e. The summed E-state index contributed by atoms with van der Waals surface area (Å²) in [5.41, 5.74) is 0.502. The van der Waals surface area contributed by atoms with Crippen molar-refractivity contribution in [3.63, 3.8) is 0 Å². The Balaban J connectivity index is 2.04. The number of fused-ring (bicyclic) bond motifs is 1. The van der Waals surface area contributed by atoms with Gasteiger partial charge in [0.1, 0.15) is 0 Å². The molecule has 2 nitrogen and oxygen atoms in total. The van der Waals surface area contributed by atoms with E-state index in [2.05, 4.69) is 30.6 Å². The molecule has 2 heterocycles. The molecule has 0 saturated carbocycles. The molecule has 0 radical (unpaired) electrons. The van der Waals surface area contributed by atoms with Gasteiger partial charge in [0, 0.05) is 31.2 Å². The molecule has 1 atom stereocenters. The van der Waals surface area contributed by atoms with Crippen molar-refractivity contribution in [3.8, 4) is 0 Å². The SMILES string of the molecule is CC(C)N1CCN2CCC[C@@]2(C)C1. The minimum absolute atomic E-state index is 0.502. The highest BCUT2D eigenvalue weighted by atomic mass is 15.3. The number of hydrogen-bond donors (Lipinski definition) is 0. The first-order valence-corrected chi connectivity index (χ1v) is 5.61. The summed E-state index contributed by atoms with van der Waals surface area (Å²) >= 11 is 0. The van der Waals surface area contributed by atoms with Crippen molar-refractivity contribution in [1.82, 2.24) is 9.80 Å². The van der Waals surface area contributed by atoms with Crippen molar-refractivity contribution in [2.45, 2.75) is 45.2 Å². The summed E-state index contributed by atoms with van der Waals surface area (Å²) in [5, 5.41) is 0. The molecule has 0 spiro atoms. The van der Waals surface area contributed by atoms with Crippen LogP contribution >= 0.6 is 0 Å². The van der Waals surface area contributed by atoms with Gasteiger partial charge in [-0.2, -0.15) is 0 Å². The van der Waals surface area contributed by atoms with Gasteiger partial charge < -0.3 is 0 Å². The second-order valence-electron chi connectivity index (χ2n) is 5.15. The van der Waals surface area contributed by atoms with E-state index in [1.807, 2.05) is 0 Å². The van der Waals surface area contributed by atoms with Crippen molar-refractivity contribution < 1.29 is 0 Å². The van der Waals surface area contributed by atoms with E-state index in [4.69, 9.17) is 0 Å². The molecule has 0 N–H and O–H groups in total. The average Bonchev–Trinajstić information content (AvgIpc) is 2.44. The van der Waals surface area contributed by atoms with Crippen LogP contribution in [0.1, 0.15) is 33.6 Å². The van der Waals surface area contributed by atoms with Gasteiger partial charge >= 0.3 is 0 Å². The van der Waals surface area contributed by atoms with Crippen molar-refractivity contribution in [2.75, 3.05) is 26.2 Å². The molecule has 0 aromatic heterocycles. The molecule has 0 aliphatic carbocycles. The van der Waals surface area contributed by atoms with Crippen LogP contribution in [-0.2, 0) is 0 Å². The highest BCUT2D eigenvalue weighted by Crippen LogP contribution is 2.32. The molecule has 2 aliphatic rings. The van der Waals surface area contributed by atoms with Crippen molar-refractivity contribution in [3.05, 3.63) is 0 Å². The summed E-state index contributed by atoms with van der Waals surface area (Å²) in [6, 6.07) is 0.722. The van der Waals surface area contributed by atoms with Crippen LogP contribution in [0.15, 0.2) is 0 Å². The third-order valence-corrected chi connectivity index (χ3v) is 3.84. The van der Waals surface area contributed by atoms with E-state index >= 15 is 0 Å². The van der Waals surface area contributed by atoms with Crippen LogP contribution in [-0.4, -0.2) is 47.6 Å². The number of hydrogen-bond acceptors (Lipinski definition) is 2. The van der Waals surface area contributed by atoms with E-state index in [9.17, 15) is 0 Å². The van der Waals surface area contributed by atoms with Gasteiger partial charge in [-0.25, -0.2) is 0 Å². The summed E-state index contributed by atoms with van der Waals surface area (Å²) in [6.45, 7) is 12.2. The Bertz CT molecular complexity index is 191. The fourth-order valence-corrected chi connectivity index (χ4v) is 2.85. The maximum Gasteiger partial charge on any atom is 0.0309 e. The van der Waals surface area contributed by atoms with Gasteiger partial charge in [0.2, 0.25) is 0 Å². The first-order chi connectivity index (χ1) is 6.12. The molecular formula is C11H22N2. The molecule has 2 fully saturated rings. The van der Waals surface area contributed by atoms with E-state index in [0.29, 0.717) is 5.54 Å². The van der Waals surface area contributed by atoms with E-state index < -0.39 is 0 Å². The lowest BCUT2D eigenvalue weighted by atomic mass is 9.95. The second-order valence-corrected chi connectivity index (χ2v) is 5.15. The lowest BCUT2D eigenvalue weighted by Crippen LogP contribution is -2.58. The molecule has 76 valence electrons. The second kappa shape index (κ2) is 3.25. The lowest BCUT2D eigenvalue weighted by Gasteiger charge is -2.46. The predicted molar refractivity (Wildman–Crippen MR) is 55.9 cm³/mol. The normalized spacial score (nSPS) is 36.9. The molecule has 0 bridgehead atoms. The third kappa shape index (κ3) is 1.62. The topological polar surface area (TPSA) is 6.48 Å². The molecule has 0 amide bonds. The maximum atomic E-state index is 2.69. The van der Waals surface area contributed by atoms with Crippen LogP contribution in [0.25, 0.3) is 0 Å². The summed E-state index contributed by atoms with van der Waals surface area (Å²) in [5.74, 6) is 0. The molecule has 0 aromatic rings. The summed E-state index contributed by atoms with van der Waals surface area (Å²) in [4.78, 5) is 5.31. The maximum absolute atomic E-state index is 2.69. The van der Waals surface area contributed by atoms with Gasteiger partial charge in [-0.3, -0.25) is 9.80 Å². The van der Waals surface area contributed by atoms with Crippen LogP contribution in [0.3, 0.4) is 0 Å². The van der Waals surface area contributed by atoms with Crippen LogP contribution in [0.5, 0.6) is 0 Å². The molecule has 2 aliphatic heterocycles. The van der Waals surface area contributed by atoms with E-state index in [-0.39, 0.29) is 0 Å². The molecule has 2 saturated heterocycles. The van der Waals surface area contributed by atoms with E-state index in [0.717, 1.165) is 6.04 Å².